The van der Waals surface area contributed by atoms with Crippen molar-refractivity contribution in [3.63, 3.8) is 0 Å². The zero-order valence-electron chi connectivity index (χ0n) is 18.1. The number of carboxylic acid groups (broad SMARTS) is 1. The Kier molecular flexibility index (Phi) is 8.66. The molecule has 3 rings (SSSR count). The molecule has 0 spiro atoms. The fraction of sp³-hybridized carbons (Fsp3) is 0.400. The van der Waals surface area contributed by atoms with Gasteiger partial charge in [-0.25, -0.2) is 4.79 Å². The van der Waals surface area contributed by atoms with E-state index in [1.807, 2.05) is 24.3 Å². The smallest absolute Gasteiger partial charge is 0.407 e. The number of amides is 2. The minimum Gasteiger partial charge on any atom is -0.481 e. The average Bonchev–Trinajstić information content (AvgIpc) is 3.10. The Balaban J connectivity index is 1.32. The Morgan fingerprint density at radius 2 is 1.41 bits per heavy atom. The normalized spacial score (nSPS) is 12.0. The van der Waals surface area contributed by atoms with E-state index >= 15 is 0 Å². The topological polar surface area (TPSA) is 105 Å². The molecule has 0 unspecified atom stereocenters. The molecule has 0 bridgehead atoms. The number of nitrogens with one attached hydrogen (secondary N) is 2. The molecule has 0 atom stereocenters. The first-order valence-electron chi connectivity index (χ1n) is 11.1. The fourth-order valence-electron chi connectivity index (χ4n) is 4.00. The van der Waals surface area contributed by atoms with Crippen molar-refractivity contribution in [2.45, 2.75) is 44.4 Å². The van der Waals surface area contributed by atoms with Gasteiger partial charge in [-0.2, -0.15) is 0 Å². The van der Waals surface area contributed by atoms with Crippen molar-refractivity contribution in [3.8, 4) is 11.1 Å². The molecular formula is C25H30N2O5. The molecule has 0 saturated carbocycles. The van der Waals surface area contributed by atoms with Crippen LogP contribution < -0.4 is 10.6 Å². The maximum absolute atomic E-state index is 12.1. The van der Waals surface area contributed by atoms with Crippen molar-refractivity contribution in [2.75, 3.05) is 19.7 Å². The van der Waals surface area contributed by atoms with Gasteiger partial charge >= 0.3 is 12.1 Å². The van der Waals surface area contributed by atoms with Crippen LogP contribution in [0.3, 0.4) is 0 Å². The molecule has 32 heavy (non-hydrogen) atoms. The quantitative estimate of drug-likeness (QED) is 0.433. The Labute approximate surface area is 188 Å². The van der Waals surface area contributed by atoms with Crippen LogP contribution in [-0.4, -0.2) is 42.8 Å². The molecule has 170 valence electrons. The molecule has 7 heteroatoms. The SMILES string of the molecule is O=C(O)CCCCCCNC(=O)CCNC(=O)OCC1c2ccccc2-c2ccccc21. The molecule has 0 aromatic heterocycles. The van der Waals surface area contributed by atoms with E-state index in [1.54, 1.807) is 0 Å². The van der Waals surface area contributed by atoms with Crippen LogP contribution in [0.5, 0.6) is 0 Å². The Morgan fingerprint density at radius 3 is 2.06 bits per heavy atom. The van der Waals surface area contributed by atoms with E-state index in [0.717, 1.165) is 30.4 Å². The highest BCUT2D eigenvalue weighted by Crippen LogP contribution is 2.44. The van der Waals surface area contributed by atoms with Crippen molar-refractivity contribution in [3.05, 3.63) is 59.7 Å². The third-order valence-electron chi connectivity index (χ3n) is 5.60. The molecule has 0 aliphatic heterocycles. The van der Waals surface area contributed by atoms with Crippen LogP contribution >= 0.6 is 0 Å². The van der Waals surface area contributed by atoms with Crippen molar-refractivity contribution < 1.29 is 24.2 Å². The van der Waals surface area contributed by atoms with Crippen LogP contribution in [0.25, 0.3) is 11.1 Å². The van der Waals surface area contributed by atoms with Crippen molar-refractivity contribution in [2.24, 2.45) is 0 Å². The summed E-state index contributed by atoms with van der Waals surface area (Å²) >= 11 is 0. The van der Waals surface area contributed by atoms with Crippen LogP contribution in [0, 0.1) is 0 Å². The number of fused-ring (bicyclic) bond motifs is 3. The maximum Gasteiger partial charge on any atom is 0.407 e. The van der Waals surface area contributed by atoms with Crippen LogP contribution in [0.2, 0.25) is 0 Å². The number of aliphatic carboxylic acids is 1. The van der Waals surface area contributed by atoms with E-state index in [4.69, 9.17) is 9.84 Å². The number of hydrogen-bond donors (Lipinski definition) is 3. The second-order valence-electron chi connectivity index (χ2n) is 7.91. The molecule has 1 aliphatic carbocycles. The number of carbonyl (C=O) groups is 3. The number of ether oxygens (including phenoxy) is 1. The molecule has 2 aromatic rings. The lowest BCUT2D eigenvalue weighted by Gasteiger charge is -2.14. The second-order valence-corrected chi connectivity index (χ2v) is 7.91. The van der Waals surface area contributed by atoms with Gasteiger partial charge in [-0.05, 0) is 35.1 Å². The molecule has 2 amide bonds. The largest absolute Gasteiger partial charge is 0.481 e. The highest BCUT2D eigenvalue weighted by Gasteiger charge is 2.28. The second kappa shape index (κ2) is 11.9. The lowest BCUT2D eigenvalue weighted by molar-refractivity contribution is -0.137. The van der Waals surface area contributed by atoms with Gasteiger partial charge in [0.15, 0.2) is 0 Å². The number of unbranched alkanes of at least 4 members (excludes halogenated alkanes) is 3. The first-order chi connectivity index (χ1) is 15.6. The van der Waals surface area contributed by atoms with Gasteiger partial charge in [0.05, 0.1) is 0 Å². The Bertz CT molecular complexity index is 898. The first-order valence-corrected chi connectivity index (χ1v) is 11.1. The van der Waals surface area contributed by atoms with Gasteiger partial charge in [-0.3, -0.25) is 9.59 Å². The number of hydrogen-bond acceptors (Lipinski definition) is 4. The van der Waals surface area contributed by atoms with E-state index in [2.05, 4.69) is 34.9 Å². The van der Waals surface area contributed by atoms with Gasteiger partial charge in [-0.15, -0.1) is 0 Å². The van der Waals surface area contributed by atoms with Crippen molar-refractivity contribution in [1.29, 1.82) is 0 Å². The van der Waals surface area contributed by atoms with Gasteiger partial charge in [0.1, 0.15) is 6.61 Å². The molecule has 7 nitrogen and oxygen atoms in total. The molecule has 1 aliphatic rings. The predicted molar refractivity (Wildman–Crippen MR) is 121 cm³/mol. The molecular weight excluding hydrogens is 408 g/mol. The summed E-state index contributed by atoms with van der Waals surface area (Å²) < 4.78 is 5.45. The molecule has 0 heterocycles. The lowest BCUT2D eigenvalue weighted by atomic mass is 9.98. The van der Waals surface area contributed by atoms with Crippen LogP contribution in [0.4, 0.5) is 4.79 Å². The number of carbonyl (C=O) groups excluding carboxylic acids is 2. The Hall–Kier alpha value is -3.35. The lowest BCUT2D eigenvalue weighted by Crippen LogP contribution is -2.32. The average molecular weight is 439 g/mol. The third kappa shape index (κ3) is 6.57. The maximum atomic E-state index is 12.1. The summed E-state index contributed by atoms with van der Waals surface area (Å²) in [6.07, 6.45) is 3.03. The van der Waals surface area contributed by atoms with Crippen molar-refractivity contribution in [1.82, 2.24) is 10.6 Å². The summed E-state index contributed by atoms with van der Waals surface area (Å²) in [6, 6.07) is 16.3. The van der Waals surface area contributed by atoms with Crippen LogP contribution in [0.1, 0.15) is 55.6 Å². The summed E-state index contributed by atoms with van der Waals surface area (Å²) in [5.74, 6) is -0.899. The number of carboxylic acids is 1. The van der Waals surface area contributed by atoms with Gasteiger partial charge in [0, 0.05) is 31.8 Å². The van der Waals surface area contributed by atoms with Gasteiger partial charge in [0.25, 0.3) is 0 Å². The van der Waals surface area contributed by atoms with E-state index in [0.29, 0.717) is 13.0 Å². The summed E-state index contributed by atoms with van der Waals surface area (Å²) in [7, 11) is 0. The van der Waals surface area contributed by atoms with E-state index in [1.165, 1.54) is 11.1 Å². The fourth-order valence-corrected chi connectivity index (χ4v) is 4.00. The van der Waals surface area contributed by atoms with E-state index in [9.17, 15) is 14.4 Å². The standard InChI is InChI=1S/C25H30N2O5/c28-23(26-15-8-2-1-3-13-24(29)30)14-16-27-25(31)32-17-22-20-11-6-4-9-18(20)19-10-5-7-12-21(19)22/h4-7,9-12,22H,1-3,8,13-17H2,(H,26,28)(H,27,31)(H,29,30). The number of benzene rings is 2. The molecule has 0 fully saturated rings. The summed E-state index contributed by atoms with van der Waals surface area (Å²) in [5.41, 5.74) is 4.67. The van der Waals surface area contributed by atoms with Gasteiger partial charge in [0.2, 0.25) is 5.91 Å². The van der Waals surface area contributed by atoms with Crippen molar-refractivity contribution >= 4 is 18.0 Å². The minimum atomic E-state index is -0.776. The van der Waals surface area contributed by atoms with Gasteiger partial charge < -0.3 is 20.5 Å². The zero-order valence-corrected chi connectivity index (χ0v) is 18.1. The predicted octanol–water partition coefficient (Wildman–Crippen LogP) is 4.07. The summed E-state index contributed by atoms with van der Waals surface area (Å²) in [4.78, 5) is 34.4. The molecule has 3 N–H and O–H groups in total. The molecule has 2 aromatic carbocycles. The zero-order chi connectivity index (χ0) is 22.8. The highest BCUT2D eigenvalue weighted by molar-refractivity contribution is 5.79. The summed E-state index contributed by atoms with van der Waals surface area (Å²) in [5, 5.41) is 14.0. The first kappa shape index (κ1) is 23.3. The highest BCUT2D eigenvalue weighted by atomic mass is 16.5. The van der Waals surface area contributed by atoms with Crippen LogP contribution in [0.15, 0.2) is 48.5 Å². The van der Waals surface area contributed by atoms with Crippen LogP contribution in [-0.2, 0) is 14.3 Å². The van der Waals surface area contributed by atoms with E-state index in [-0.39, 0.29) is 37.8 Å². The minimum absolute atomic E-state index is 0.00643. The summed E-state index contributed by atoms with van der Waals surface area (Å²) in [6.45, 7) is 1.01. The number of rotatable bonds is 12. The third-order valence-corrected chi connectivity index (χ3v) is 5.60. The molecule has 0 saturated heterocycles. The van der Waals surface area contributed by atoms with Gasteiger partial charge in [-0.1, -0.05) is 61.4 Å². The monoisotopic (exact) mass is 438 g/mol. The molecule has 0 radical (unpaired) electrons. The van der Waals surface area contributed by atoms with E-state index < -0.39 is 12.1 Å². The Morgan fingerprint density at radius 1 is 0.781 bits per heavy atom. The number of alkyl carbamates (subject to hydrolysis) is 1.